The molecule has 0 aliphatic rings. The fourth-order valence-electron chi connectivity index (χ4n) is 1.22. The molecule has 0 fully saturated rings. The lowest BCUT2D eigenvalue weighted by atomic mass is 10.2. The van der Waals surface area contributed by atoms with Gasteiger partial charge in [0.15, 0.2) is 0 Å². The summed E-state index contributed by atoms with van der Waals surface area (Å²) in [5, 5.41) is 1.22. The number of allylic oxidation sites excluding steroid dienone is 4. The van der Waals surface area contributed by atoms with Crippen LogP contribution in [0.4, 0.5) is 0 Å². The van der Waals surface area contributed by atoms with Gasteiger partial charge in [-0.1, -0.05) is 48.0 Å². The van der Waals surface area contributed by atoms with E-state index in [-0.39, 0.29) is 0 Å². The zero-order valence-corrected chi connectivity index (χ0v) is 11.1. The standard InChI is InChI=1S/C14H14Cl2O/c1-3-5-7-11(4-2)17-10-12-13(15)8-6-9-14(12)16/h3-9H,1,10H2,2H3/b7-5-,11-4+. The van der Waals surface area contributed by atoms with Crippen molar-refractivity contribution >= 4 is 23.2 Å². The van der Waals surface area contributed by atoms with Gasteiger partial charge >= 0.3 is 0 Å². The maximum Gasteiger partial charge on any atom is 0.116 e. The van der Waals surface area contributed by atoms with E-state index < -0.39 is 0 Å². The van der Waals surface area contributed by atoms with Crippen LogP contribution in [0.25, 0.3) is 0 Å². The molecule has 1 rings (SSSR count). The van der Waals surface area contributed by atoms with Crippen LogP contribution < -0.4 is 0 Å². The highest BCUT2D eigenvalue weighted by molar-refractivity contribution is 6.35. The Morgan fingerprint density at radius 3 is 2.53 bits per heavy atom. The van der Waals surface area contributed by atoms with Gasteiger partial charge in [0, 0.05) is 15.6 Å². The molecule has 0 saturated heterocycles. The van der Waals surface area contributed by atoms with Crippen molar-refractivity contribution < 1.29 is 4.74 Å². The molecular weight excluding hydrogens is 255 g/mol. The van der Waals surface area contributed by atoms with Crippen molar-refractivity contribution in [3.63, 3.8) is 0 Å². The van der Waals surface area contributed by atoms with Gasteiger partial charge < -0.3 is 4.74 Å². The Morgan fingerprint density at radius 1 is 1.35 bits per heavy atom. The second kappa shape index (κ2) is 7.21. The Labute approximate surface area is 112 Å². The lowest BCUT2D eigenvalue weighted by Crippen LogP contribution is -1.93. The minimum Gasteiger partial charge on any atom is -0.489 e. The van der Waals surface area contributed by atoms with Crippen molar-refractivity contribution in [2.45, 2.75) is 13.5 Å². The predicted molar refractivity (Wildman–Crippen MR) is 74.3 cm³/mol. The van der Waals surface area contributed by atoms with Crippen molar-refractivity contribution in [1.82, 2.24) is 0 Å². The van der Waals surface area contributed by atoms with Crippen LogP contribution >= 0.6 is 23.2 Å². The van der Waals surface area contributed by atoms with Crippen molar-refractivity contribution in [2.24, 2.45) is 0 Å². The molecule has 0 heterocycles. The summed E-state index contributed by atoms with van der Waals surface area (Å²) in [6.07, 6.45) is 7.20. The summed E-state index contributed by atoms with van der Waals surface area (Å²) < 4.78 is 5.60. The molecule has 90 valence electrons. The Bertz CT molecular complexity index is 427. The van der Waals surface area contributed by atoms with Gasteiger partial charge in [0.1, 0.15) is 12.4 Å². The number of hydrogen-bond donors (Lipinski definition) is 0. The van der Waals surface area contributed by atoms with Gasteiger partial charge in [0.25, 0.3) is 0 Å². The first-order chi connectivity index (χ1) is 8.19. The van der Waals surface area contributed by atoms with Crippen LogP contribution in [-0.4, -0.2) is 0 Å². The maximum absolute atomic E-state index is 6.04. The third-order valence-electron chi connectivity index (χ3n) is 2.13. The van der Waals surface area contributed by atoms with Crippen molar-refractivity contribution in [3.8, 4) is 0 Å². The minimum absolute atomic E-state index is 0.347. The highest BCUT2D eigenvalue weighted by atomic mass is 35.5. The smallest absolute Gasteiger partial charge is 0.116 e. The molecule has 0 aromatic heterocycles. The Balaban J connectivity index is 2.73. The normalized spacial score (nSPS) is 11.8. The van der Waals surface area contributed by atoms with E-state index >= 15 is 0 Å². The Kier molecular flexibility index (Phi) is 5.88. The van der Waals surface area contributed by atoms with Crippen LogP contribution in [-0.2, 0) is 11.3 Å². The molecule has 1 aromatic rings. The van der Waals surface area contributed by atoms with Crippen molar-refractivity contribution in [2.75, 3.05) is 0 Å². The molecule has 1 aromatic carbocycles. The van der Waals surface area contributed by atoms with Gasteiger partial charge in [0.2, 0.25) is 0 Å². The monoisotopic (exact) mass is 268 g/mol. The lowest BCUT2D eigenvalue weighted by Gasteiger charge is -2.09. The van der Waals surface area contributed by atoms with Gasteiger partial charge in [-0.3, -0.25) is 0 Å². The molecule has 17 heavy (non-hydrogen) atoms. The number of hydrogen-bond acceptors (Lipinski definition) is 1. The first kappa shape index (κ1) is 13.9. The van der Waals surface area contributed by atoms with Gasteiger partial charge in [0.05, 0.1) is 0 Å². The van der Waals surface area contributed by atoms with Crippen molar-refractivity contribution in [3.05, 3.63) is 70.5 Å². The maximum atomic E-state index is 6.04. The topological polar surface area (TPSA) is 9.23 Å². The molecular formula is C14H14Cl2O. The molecule has 0 aliphatic heterocycles. The van der Waals surface area contributed by atoms with Crippen LogP contribution in [0.3, 0.4) is 0 Å². The third kappa shape index (κ3) is 4.29. The summed E-state index contributed by atoms with van der Waals surface area (Å²) in [7, 11) is 0. The first-order valence-electron chi connectivity index (χ1n) is 5.20. The zero-order valence-electron chi connectivity index (χ0n) is 9.62. The Morgan fingerprint density at radius 2 is 2.00 bits per heavy atom. The fourth-order valence-corrected chi connectivity index (χ4v) is 1.72. The highest BCUT2D eigenvalue weighted by Crippen LogP contribution is 2.25. The average Bonchev–Trinajstić information content (AvgIpc) is 2.32. The van der Waals surface area contributed by atoms with Gasteiger partial charge in [-0.15, -0.1) is 0 Å². The summed E-state index contributed by atoms with van der Waals surface area (Å²) in [4.78, 5) is 0. The highest BCUT2D eigenvalue weighted by Gasteiger charge is 2.05. The van der Waals surface area contributed by atoms with E-state index in [0.29, 0.717) is 16.7 Å². The van der Waals surface area contributed by atoms with E-state index in [1.54, 1.807) is 18.2 Å². The lowest BCUT2D eigenvalue weighted by molar-refractivity contribution is 0.211. The van der Waals surface area contributed by atoms with Gasteiger partial charge in [-0.2, -0.15) is 0 Å². The number of rotatable bonds is 5. The molecule has 0 unspecified atom stereocenters. The molecule has 0 spiro atoms. The average molecular weight is 269 g/mol. The third-order valence-corrected chi connectivity index (χ3v) is 2.83. The zero-order chi connectivity index (χ0) is 12.7. The van der Waals surface area contributed by atoms with Crippen LogP contribution in [0.15, 0.2) is 54.8 Å². The minimum atomic E-state index is 0.347. The summed E-state index contributed by atoms with van der Waals surface area (Å²) in [5.41, 5.74) is 0.794. The Hall–Kier alpha value is -1.18. The second-order valence-electron chi connectivity index (χ2n) is 3.27. The molecule has 0 bridgehead atoms. The van der Waals surface area contributed by atoms with Crippen LogP contribution in [0.5, 0.6) is 0 Å². The number of benzene rings is 1. The van der Waals surface area contributed by atoms with Crippen LogP contribution in [0, 0.1) is 0 Å². The fraction of sp³-hybridized carbons (Fsp3) is 0.143. The molecule has 0 radical (unpaired) electrons. The van der Waals surface area contributed by atoms with Crippen LogP contribution in [0.2, 0.25) is 10.0 Å². The van der Waals surface area contributed by atoms with Crippen LogP contribution in [0.1, 0.15) is 12.5 Å². The summed E-state index contributed by atoms with van der Waals surface area (Å²) >= 11 is 12.1. The summed E-state index contributed by atoms with van der Waals surface area (Å²) in [5.74, 6) is 0.751. The summed E-state index contributed by atoms with van der Waals surface area (Å²) in [6.45, 7) is 5.85. The van der Waals surface area contributed by atoms with Crippen molar-refractivity contribution in [1.29, 1.82) is 0 Å². The predicted octanol–water partition coefficient (Wildman–Crippen LogP) is 5.16. The number of ether oxygens (including phenoxy) is 1. The molecule has 0 N–H and O–H groups in total. The molecule has 1 nitrogen and oxygen atoms in total. The van der Waals surface area contributed by atoms with E-state index in [1.165, 1.54) is 0 Å². The van der Waals surface area contributed by atoms with E-state index in [4.69, 9.17) is 27.9 Å². The second-order valence-corrected chi connectivity index (χ2v) is 4.09. The quantitative estimate of drug-likeness (QED) is 0.530. The molecule has 0 amide bonds. The van der Waals surface area contributed by atoms with E-state index in [0.717, 1.165) is 11.3 Å². The van der Waals surface area contributed by atoms with Gasteiger partial charge in [-0.05, 0) is 31.2 Å². The van der Waals surface area contributed by atoms with E-state index in [9.17, 15) is 0 Å². The summed E-state index contributed by atoms with van der Waals surface area (Å²) in [6, 6.07) is 5.39. The largest absolute Gasteiger partial charge is 0.489 e. The van der Waals surface area contributed by atoms with E-state index in [1.807, 2.05) is 31.2 Å². The SMILES string of the molecule is C=C/C=C\C(=C/C)OCc1c(Cl)cccc1Cl. The molecule has 0 saturated carbocycles. The molecule has 0 atom stereocenters. The van der Waals surface area contributed by atoms with Gasteiger partial charge in [-0.25, -0.2) is 0 Å². The molecule has 3 heteroatoms. The van der Waals surface area contributed by atoms with E-state index in [2.05, 4.69) is 6.58 Å². The molecule has 0 aliphatic carbocycles. The first-order valence-corrected chi connectivity index (χ1v) is 5.95. The number of halogens is 2.